The Labute approximate surface area is 180 Å². The molecule has 168 valence electrons. The van der Waals surface area contributed by atoms with Crippen LogP contribution in [0.5, 0.6) is 5.75 Å². The molecule has 0 aliphatic heterocycles. The molecule has 2 aliphatic carbocycles. The first-order valence-corrected chi connectivity index (χ1v) is 9.48. The normalized spacial score (nSPS) is 16.1. The molecular formula is C22H9BF8O2. The van der Waals surface area contributed by atoms with Crippen molar-refractivity contribution in [1.82, 2.24) is 0 Å². The molecule has 0 fully saturated rings. The van der Waals surface area contributed by atoms with Crippen LogP contribution >= 0.6 is 0 Å². The number of hydrogen-bond donors (Lipinski definition) is 1. The zero-order chi connectivity index (χ0) is 23.8. The summed E-state index contributed by atoms with van der Waals surface area (Å²) in [5.74, 6) is -16.1. The highest BCUT2D eigenvalue weighted by atomic mass is 19.2. The van der Waals surface area contributed by atoms with Crippen LogP contribution in [0.15, 0.2) is 36.2 Å². The van der Waals surface area contributed by atoms with Crippen molar-refractivity contribution >= 4 is 12.9 Å². The van der Waals surface area contributed by atoms with Gasteiger partial charge in [0.05, 0.1) is 11.4 Å². The van der Waals surface area contributed by atoms with Crippen LogP contribution in [0.1, 0.15) is 28.1 Å². The van der Waals surface area contributed by atoms with Crippen molar-refractivity contribution in [2.75, 3.05) is 0 Å². The summed E-state index contributed by atoms with van der Waals surface area (Å²) in [5.41, 5.74) is -3.06. The molecule has 2 nitrogen and oxygen atoms in total. The molecule has 5 rings (SSSR count). The fraction of sp³-hybridized carbons (Fsp3) is 0.0909. The van der Waals surface area contributed by atoms with Gasteiger partial charge in [-0.05, 0) is 23.3 Å². The fourth-order valence-electron chi connectivity index (χ4n) is 4.33. The predicted octanol–water partition coefficient (Wildman–Crippen LogP) is 5.90. The van der Waals surface area contributed by atoms with E-state index in [2.05, 4.69) is 0 Å². The van der Waals surface area contributed by atoms with E-state index in [1.807, 2.05) is 0 Å². The third kappa shape index (κ3) is 2.91. The summed E-state index contributed by atoms with van der Waals surface area (Å²) in [4.78, 5) is 0. The number of hydrogen-bond acceptors (Lipinski definition) is 2. The van der Waals surface area contributed by atoms with Crippen LogP contribution in [0.4, 0.5) is 35.1 Å². The summed E-state index contributed by atoms with van der Waals surface area (Å²) in [6, 6.07) is 4.89. The van der Waals surface area contributed by atoms with Crippen LogP contribution in [0.3, 0.4) is 0 Å². The molecule has 0 amide bonds. The Morgan fingerprint density at radius 1 is 0.758 bits per heavy atom. The lowest BCUT2D eigenvalue weighted by Gasteiger charge is -2.20. The van der Waals surface area contributed by atoms with Gasteiger partial charge in [-0.25, -0.2) is 30.7 Å². The van der Waals surface area contributed by atoms with Crippen molar-refractivity contribution in [1.29, 1.82) is 0 Å². The van der Waals surface area contributed by atoms with Crippen molar-refractivity contribution in [2.24, 2.45) is 0 Å². The zero-order valence-electron chi connectivity index (χ0n) is 16.1. The molecule has 1 N–H and O–H groups in total. The van der Waals surface area contributed by atoms with E-state index in [-0.39, 0.29) is 11.1 Å². The largest absolute Gasteiger partial charge is 0.537 e. The highest BCUT2D eigenvalue weighted by Gasteiger charge is 2.46. The number of benzene rings is 3. The maximum Gasteiger partial charge on any atom is 0.537 e. The minimum atomic E-state index is -2.41. The lowest BCUT2D eigenvalue weighted by atomic mass is 9.69. The van der Waals surface area contributed by atoms with Gasteiger partial charge in [-0.1, -0.05) is 18.2 Å². The summed E-state index contributed by atoms with van der Waals surface area (Å²) < 4.78 is 119. The molecule has 0 bridgehead atoms. The van der Waals surface area contributed by atoms with Crippen LogP contribution in [-0.2, 0) is 6.42 Å². The third-order valence-electron chi connectivity index (χ3n) is 5.79. The van der Waals surface area contributed by atoms with Crippen molar-refractivity contribution in [3.05, 3.63) is 93.3 Å². The molecule has 0 aromatic heterocycles. The lowest BCUT2D eigenvalue weighted by Crippen LogP contribution is -2.31. The molecule has 11 heteroatoms. The van der Waals surface area contributed by atoms with Crippen molar-refractivity contribution in [2.45, 2.75) is 12.2 Å². The van der Waals surface area contributed by atoms with E-state index in [9.17, 15) is 40.1 Å². The van der Waals surface area contributed by atoms with E-state index in [0.29, 0.717) is 0 Å². The summed E-state index contributed by atoms with van der Waals surface area (Å²) in [6.45, 7) is 0. The molecule has 1 unspecified atom stereocenters. The first-order chi connectivity index (χ1) is 15.6. The van der Waals surface area contributed by atoms with E-state index in [1.165, 1.54) is 0 Å². The summed E-state index contributed by atoms with van der Waals surface area (Å²) >= 11 is 0. The van der Waals surface area contributed by atoms with Gasteiger partial charge in [0.1, 0.15) is 17.4 Å². The molecule has 3 aromatic carbocycles. The molecule has 0 spiro atoms. The molecule has 33 heavy (non-hydrogen) atoms. The van der Waals surface area contributed by atoms with Crippen LogP contribution < -0.4 is 4.65 Å². The van der Waals surface area contributed by atoms with Gasteiger partial charge in [-0.15, -0.1) is 0 Å². The van der Waals surface area contributed by atoms with Gasteiger partial charge < -0.3 is 9.68 Å². The Hall–Kier alpha value is -3.34. The smallest absolute Gasteiger partial charge is 0.533 e. The molecule has 1 atom stereocenters. The van der Waals surface area contributed by atoms with Crippen LogP contribution in [0.25, 0.3) is 17.0 Å². The average molecular weight is 468 g/mol. The van der Waals surface area contributed by atoms with E-state index >= 15 is 0 Å². The first-order valence-electron chi connectivity index (χ1n) is 9.48. The Morgan fingerprint density at radius 2 is 1.48 bits per heavy atom. The molecule has 2 aliphatic rings. The van der Waals surface area contributed by atoms with Crippen molar-refractivity contribution in [3.8, 4) is 16.9 Å². The van der Waals surface area contributed by atoms with E-state index in [4.69, 9.17) is 4.65 Å². The summed E-state index contributed by atoms with van der Waals surface area (Å²) in [5, 5.41) is 10.5. The standard InChI is InChI=1S/C22H9BF8O2/c24-10-3-1-2-8-13(10)17(27)19(29)15(8)23(32)33-22-9-6-7-4-5-11(25)16(26)12(7)14(9)18(28)20(30)21(22)31/h1-5,15,32H,6H2. The minimum Gasteiger partial charge on any atom is -0.533 e. The van der Waals surface area contributed by atoms with Crippen LogP contribution in [0.2, 0.25) is 0 Å². The average Bonchev–Trinajstić information content (AvgIpc) is 3.29. The minimum absolute atomic E-state index is 0.0162. The number of rotatable bonds is 3. The maximum atomic E-state index is 14.6. The molecule has 0 saturated heterocycles. The van der Waals surface area contributed by atoms with Gasteiger partial charge in [0.25, 0.3) is 0 Å². The Morgan fingerprint density at radius 3 is 2.21 bits per heavy atom. The van der Waals surface area contributed by atoms with Crippen molar-refractivity contribution < 1.29 is 44.8 Å². The predicted molar refractivity (Wildman–Crippen MR) is 101 cm³/mol. The van der Waals surface area contributed by atoms with E-state index in [1.54, 1.807) is 0 Å². The topological polar surface area (TPSA) is 29.5 Å². The number of halogens is 8. The zero-order valence-corrected chi connectivity index (χ0v) is 16.1. The Bertz CT molecular complexity index is 1390. The molecule has 0 radical (unpaired) electrons. The molecule has 3 aromatic rings. The van der Waals surface area contributed by atoms with Gasteiger partial charge in [-0.3, -0.25) is 0 Å². The van der Waals surface area contributed by atoms with Crippen molar-refractivity contribution in [3.63, 3.8) is 0 Å². The summed E-state index contributed by atoms with van der Waals surface area (Å²) in [6.07, 6.45) is -0.430. The SMILES string of the molecule is OB(Oc1c(F)c(F)c(F)c2c1Cc1ccc(F)c(F)c1-2)C1C(F)=C(F)c2c(F)cccc21. The Kier molecular flexibility index (Phi) is 4.78. The molecule has 0 heterocycles. The first kappa shape index (κ1) is 21.5. The monoisotopic (exact) mass is 468 g/mol. The third-order valence-corrected chi connectivity index (χ3v) is 5.79. The van der Waals surface area contributed by atoms with Gasteiger partial charge in [0.2, 0.25) is 5.82 Å². The summed E-state index contributed by atoms with van der Waals surface area (Å²) in [7, 11) is -2.41. The molecular weight excluding hydrogens is 459 g/mol. The fourth-order valence-corrected chi connectivity index (χ4v) is 4.33. The maximum absolute atomic E-state index is 14.6. The highest BCUT2D eigenvalue weighted by Crippen LogP contribution is 2.49. The second-order valence-electron chi connectivity index (χ2n) is 7.55. The van der Waals surface area contributed by atoms with Gasteiger partial charge in [-0.2, -0.15) is 4.39 Å². The van der Waals surface area contributed by atoms with E-state index in [0.717, 1.165) is 30.3 Å². The van der Waals surface area contributed by atoms with Crippen LogP contribution in [0, 0.1) is 34.9 Å². The quantitative estimate of drug-likeness (QED) is 0.231. The van der Waals surface area contributed by atoms with Gasteiger partial charge in [0.15, 0.2) is 29.1 Å². The van der Waals surface area contributed by atoms with Crippen LogP contribution in [-0.4, -0.2) is 12.1 Å². The second-order valence-corrected chi connectivity index (χ2v) is 7.55. The molecule has 0 saturated carbocycles. The van der Waals surface area contributed by atoms with Gasteiger partial charge >= 0.3 is 7.12 Å². The second kappa shape index (κ2) is 7.34. The Balaban J connectivity index is 1.63. The number of allylic oxidation sites excluding steroid dienone is 1. The lowest BCUT2D eigenvalue weighted by molar-refractivity contribution is 0.362. The highest BCUT2D eigenvalue weighted by molar-refractivity contribution is 6.47. The van der Waals surface area contributed by atoms with E-state index < -0.39 is 93.9 Å². The van der Waals surface area contributed by atoms with Gasteiger partial charge in [0, 0.05) is 23.1 Å². The number of fused-ring (bicyclic) bond motifs is 4.